The molecule has 0 radical (unpaired) electrons. The zero-order valence-electron chi connectivity index (χ0n) is 16.8. The smallest absolute Gasteiger partial charge is 0.257 e. The Hall–Kier alpha value is -2.91. The van der Waals surface area contributed by atoms with Crippen LogP contribution in [0.15, 0.2) is 59.0 Å². The van der Waals surface area contributed by atoms with Crippen LogP contribution in [0.25, 0.3) is 10.4 Å². The summed E-state index contributed by atoms with van der Waals surface area (Å²) in [6, 6.07) is 9.61. The quantitative estimate of drug-likeness (QED) is 0.625. The van der Waals surface area contributed by atoms with Gasteiger partial charge in [-0.3, -0.25) is 14.5 Å². The number of nitrogens with zero attached hydrogens (tertiary/aromatic N) is 2. The second-order valence-electron chi connectivity index (χ2n) is 7.62. The van der Waals surface area contributed by atoms with Gasteiger partial charge >= 0.3 is 0 Å². The topological polar surface area (TPSA) is 78.1 Å². The fraction of sp³-hybridized carbons (Fsp3) is 0.318. The number of aromatic amines is 1. The molecule has 1 amide bonds. The summed E-state index contributed by atoms with van der Waals surface area (Å²) in [5.74, 6) is -3.90. The Morgan fingerprint density at radius 2 is 2.16 bits per heavy atom. The average Bonchev–Trinajstić information content (AvgIpc) is 3.29. The van der Waals surface area contributed by atoms with E-state index in [2.05, 4.69) is 15.3 Å². The molecule has 4 rings (SSSR count). The van der Waals surface area contributed by atoms with Crippen LogP contribution in [0.4, 0.5) is 14.6 Å². The van der Waals surface area contributed by atoms with Crippen LogP contribution in [0.5, 0.6) is 0 Å². The molecule has 0 aliphatic carbocycles. The van der Waals surface area contributed by atoms with Crippen LogP contribution < -0.4 is 10.9 Å². The molecular weight excluding hydrogens is 422 g/mol. The standard InChI is InChI=1S/C22H22F2N4O2S/c1-14(21(30)27-19-6-4-16(12-25-19)18-3-2-10-31-18)28-9-8-22(23,24)17(13-28)15-5-7-20(29)26-11-15/h2-7,10-12,14,17H,8-9,13H2,1H3,(H,26,29)(H,25,27,30). The van der Waals surface area contributed by atoms with Gasteiger partial charge in [0.1, 0.15) is 5.82 Å². The highest BCUT2D eigenvalue weighted by atomic mass is 32.1. The molecule has 9 heteroatoms. The summed E-state index contributed by atoms with van der Waals surface area (Å²) in [5, 5.41) is 4.75. The number of carbonyl (C=O) groups is 1. The Bertz CT molecular complexity index is 1080. The molecular formula is C22H22F2N4O2S. The van der Waals surface area contributed by atoms with Crippen molar-refractivity contribution in [1.29, 1.82) is 0 Å². The predicted octanol–water partition coefficient (Wildman–Crippen LogP) is 3.95. The van der Waals surface area contributed by atoms with E-state index in [-0.39, 0.29) is 31.0 Å². The average molecular weight is 445 g/mol. The first-order chi connectivity index (χ1) is 14.8. The van der Waals surface area contributed by atoms with E-state index in [0.29, 0.717) is 11.4 Å². The monoisotopic (exact) mass is 444 g/mol. The van der Waals surface area contributed by atoms with Gasteiger partial charge in [0.15, 0.2) is 0 Å². The highest BCUT2D eigenvalue weighted by Crippen LogP contribution is 2.40. The second kappa shape index (κ2) is 8.68. The Balaban J connectivity index is 1.43. The highest BCUT2D eigenvalue weighted by Gasteiger charge is 2.46. The van der Waals surface area contributed by atoms with Crippen LogP contribution in [-0.4, -0.2) is 45.8 Å². The number of hydrogen-bond acceptors (Lipinski definition) is 5. The van der Waals surface area contributed by atoms with Gasteiger partial charge in [-0.2, -0.15) is 0 Å². The summed E-state index contributed by atoms with van der Waals surface area (Å²) in [4.78, 5) is 33.6. The molecule has 1 aliphatic heterocycles. The number of halogens is 2. The molecule has 0 aromatic carbocycles. The lowest BCUT2D eigenvalue weighted by Crippen LogP contribution is -2.52. The minimum Gasteiger partial charge on any atom is -0.329 e. The summed E-state index contributed by atoms with van der Waals surface area (Å²) >= 11 is 1.60. The third-order valence-electron chi connectivity index (χ3n) is 5.62. The molecule has 0 bridgehead atoms. The maximum absolute atomic E-state index is 14.6. The van der Waals surface area contributed by atoms with Crippen molar-refractivity contribution in [2.45, 2.75) is 31.2 Å². The lowest BCUT2D eigenvalue weighted by Gasteiger charge is -2.40. The van der Waals surface area contributed by atoms with Crippen molar-refractivity contribution in [2.24, 2.45) is 0 Å². The number of rotatable bonds is 5. The molecule has 2 unspecified atom stereocenters. The number of pyridine rings is 2. The van der Waals surface area contributed by atoms with Crippen molar-refractivity contribution in [1.82, 2.24) is 14.9 Å². The Labute approximate surface area is 182 Å². The molecule has 6 nitrogen and oxygen atoms in total. The summed E-state index contributed by atoms with van der Waals surface area (Å²) in [5.41, 5.74) is 0.973. The molecule has 0 saturated carbocycles. The van der Waals surface area contributed by atoms with Crippen LogP contribution >= 0.6 is 11.3 Å². The van der Waals surface area contributed by atoms with E-state index in [1.54, 1.807) is 35.4 Å². The summed E-state index contributed by atoms with van der Waals surface area (Å²) < 4.78 is 29.1. The number of aromatic nitrogens is 2. The zero-order chi connectivity index (χ0) is 22.0. The maximum atomic E-state index is 14.6. The lowest BCUT2D eigenvalue weighted by atomic mass is 9.87. The number of anilines is 1. The number of likely N-dealkylation sites (tertiary alicyclic amines) is 1. The van der Waals surface area contributed by atoms with Gasteiger partial charge in [0, 0.05) is 48.4 Å². The normalized spacial score (nSPS) is 19.6. The van der Waals surface area contributed by atoms with E-state index < -0.39 is 17.9 Å². The van der Waals surface area contributed by atoms with Gasteiger partial charge in [-0.1, -0.05) is 12.1 Å². The molecule has 3 aromatic heterocycles. The number of nitrogens with one attached hydrogen (secondary N) is 2. The van der Waals surface area contributed by atoms with Gasteiger partial charge in [-0.25, -0.2) is 13.8 Å². The first kappa shape index (κ1) is 21.3. The molecule has 31 heavy (non-hydrogen) atoms. The van der Waals surface area contributed by atoms with E-state index in [4.69, 9.17) is 0 Å². The van der Waals surface area contributed by atoms with Crippen molar-refractivity contribution >= 4 is 23.1 Å². The second-order valence-corrected chi connectivity index (χ2v) is 8.57. The Kier molecular flexibility index (Phi) is 5.97. The van der Waals surface area contributed by atoms with Crippen molar-refractivity contribution < 1.29 is 13.6 Å². The van der Waals surface area contributed by atoms with Gasteiger partial charge in [-0.05, 0) is 36.1 Å². The highest BCUT2D eigenvalue weighted by molar-refractivity contribution is 7.13. The third kappa shape index (κ3) is 4.72. The minimum atomic E-state index is -2.91. The van der Waals surface area contributed by atoms with E-state index in [1.807, 2.05) is 23.6 Å². The van der Waals surface area contributed by atoms with E-state index in [9.17, 15) is 18.4 Å². The lowest BCUT2D eigenvalue weighted by molar-refractivity contribution is -0.125. The van der Waals surface area contributed by atoms with Gasteiger partial charge in [0.05, 0.1) is 12.0 Å². The molecule has 162 valence electrons. The molecule has 0 spiro atoms. The van der Waals surface area contributed by atoms with E-state index >= 15 is 0 Å². The molecule has 1 saturated heterocycles. The van der Waals surface area contributed by atoms with Crippen molar-refractivity contribution in [3.8, 4) is 10.4 Å². The third-order valence-corrected chi connectivity index (χ3v) is 6.54. The fourth-order valence-corrected chi connectivity index (χ4v) is 4.44. The van der Waals surface area contributed by atoms with Gasteiger partial charge in [0.2, 0.25) is 11.5 Å². The van der Waals surface area contributed by atoms with Crippen molar-refractivity contribution in [3.05, 3.63) is 70.1 Å². The SMILES string of the molecule is CC(C(=O)Nc1ccc(-c2cccs2)cn1)N1CCC(F)(F)C(c2ccc(=O)[nH]c2)C1. The van der Waals surface area contributed by atoms with Gasteiger partial charge in [-0.15, -0.1) is 11.3 Å². The zero-order valence-corrected chi connectivity index (χ0v) is 17.7. The molecule has 3 aromatic rings. The summed E-state index contributed by atoms with van der Waals surface area (Å²) in [7, 11) is 0. The maximum Gasteiger partial charge on any atom is 0.257 e. The predicted molar refractivity (Wildman–Crippen MR) is 117 cm³/mol. The minimum absolute atomic E-state index is 0.0123. The first-order valence-electron chi connectivity index (χ1n) is 9.95. The fourth-order valence-electron chi connectivity index (χ4n) is 3.72. The van der Waals surface area contributed by atoms with Gasteiger partial charge < -0.3 is 10.3 Å². The Morgan fingerprint density at radius 1 is 1.32 bits per heavy atom. The number of hydrogen-bond donors (Lipinski definition) is 2. The Morgan fingerprint density at radius 3 is 2.81 bits per heavy atom. The molecule has 1 aliphatic rings. The van der Waals surface area contributed by atoms with E-state index in [0.717, 1.165) is 10.4 Å². The van der Waals surface area contributed by atoms with Crippen molar-refractivity contribution in [2.75, 3.05) is 18.4 Å². The largest absolute Gasteiger partial charge is 0.329 e. The number of thiophene rings is 1. The van der Waals surface area contributed by atoms with Crippen LogP contribution in [0.1, 0.15) is 24.8 Å². The molecule has 2 N–H and O–H groups in total. The van der Waals surface area contributed by atoms with Crippen molar-refractivity contribution in [3.63, 3.8) is 0 Å². The number of piperidine rings is 1. The first-order valence-corrected chi connectivity index (χ1v) is 10.8. The number of H-pyrrole nitrogens is 1. The molecule has 1 fully saturated rings. The molecule has 2 atom stereocenters. The summed E-state index contributed by atoms with van der Waals surface area (Å²) in [6.45, 7) is 1.81. The van der Waals surface area contributed by atoms with Crippen LogP contribution in [0.3, 0.4) is 0 Å². The number of alkyl halides is 2. The van der Waals surface area contributed by atoms with Crippen LogP contribution in [0.2, 0.25) is 0 Å². The van der Waals surface area contributed by atoms with Gasteiger partial charge in [0.25, 0.3) is 5.92 Å². The molecule has 4 heterocycles. The van der Waals surface area contributed by atoms with Crippen LogP contribution in [0, 0.1) is 0 Å². The van der Waals surface area contributed by atoms with E-state index in [1.165, 1.54) is 18.3 Å². The summed E-state index contributed by atoms with van der Waals surface area (Å²) in [6.07, 6.45) is 2.66. The number of amides is 1. The number of carbonyl (C=O) groups excluding carboxylic acids is 1. The van der Waals surface area contributed by atoms with Crippen LogP contribution in [-0.2, 0) is 4.79 Å².